The van der Waals surface area contributed by atoms with Crippen molar-refractivity contribution in [3.8, 4) is 5.75 Å². The van der Waals surface area contributed by atoms with Gasteiger partial charge < -0.3 is 4.74 Å². The summed E-state index contributed by atoms with van der Waals surface area (Å²) in [5.74, 6) is 0.847. The topological polar surface area (TPSA) is 21.6 Å². The van der Waals surface area contributed by atoms with Crippen molar-refractivity contribution in [2.45, 2.75) is 19.6 Å². The minimum Gasteiger partial charge on any atom is -0.489 e. The van der Waals surface area contributed by atoms with E-state index in [0.717, 1.165) is 27.5 Å². The van der Waals surface area contributed by atoms with Crippen molar-refractivity contribution in [3.63, 3.8) is 0 Å². The fourth-order valence-corrected chi connectivity index (χ4v) is 2.78. The van der Waals surface area contributed by atoms with Crippen LogP contribution in [0.5, 0.6) is 5.75 Å². The predicted molar refractivity (Wildman–Crippen MR) is 105 cm³/mol. The van der Waals surface area contributed by atoms with Crippen LogP contribution in [0.25, 0.3) is 0 Å². The maximum atomic E-state index is 6.22. The van der Waals surface area contributed by atoms with E-state index in [4.69, 9.17) is 16.3 Å². The second kappa shape index (κ2) is 8.50. The molecule has 0 fully saturated rings. The molecular formula is C22H20ClNO. The number of aliphatic imine (C=N–C) groups is 1. The number of ether oxygens (including phenoxy) is 1. The molecule has 3 rings (SSSR count). The summed E-state index contributed by atoms with van der Waals surface area (Å²) < 4.78 is 5.80. The lowest BCUT2D eigenvalue weighted by Crippen LogP contribution is -1.95. The Balaban J connectivity index is 1.59. The van der Waals surface area contributed by atoms with E-state index < -0.39 is 0 Å². The van der Waals surface area contributed by atoms with Crippen LogP contribution in [0.2, 0.25) is 5.02 Å². The van der Waals surface area contributed by atoms with Crippen LogP contribution < -0.4 is 4.74 Å². The van der Waals surface area contributed by atoms with Crippen molar-refractivity contribution in [2.24, 2.45) is 4.99 Å². The quantitative estimate of drug-likeness (QED) is 0.493. The summed E-state index contributed by atoms with van der Waals surface area (Å²) in [6.45, 7) is 2.60. The number of nitrogens with zero attached hydrogens (tertiary/aromatic N) is 1. The summed E-state index contributed by atoms with van der Waals surface area (Å²) in [6, 6.07) is 25.9. The van der Waals surface area contributed by atoms with Gasteiger partial charge in [0.2, 0.25) is 0 Å². The third kappa shape index (κ3) is 4.94. The Kier molecular flexibility index (Phi) is 5.86. The summed E-state index contributed by atoms with van der Waals surface area (Å²) >= 11 is 6.22. The average molecular weight is 350 g/mol. The van der Waals surface area contributed by atoms with E-state index in [1.54, 1.807) is 0 Å². The highest BCUT2D eigenvalue weighted by atomic mass is 35.5. The SMILES string of the molecule is CC(N=Cc1ccc(OCc2ccccc2)cc1)c1ccccc1Cl. The molecule has 3 heteroatoms. The minimum absolute atomic E-state index is 0.0164. The zero-order valence-electron chi connectivity index (χ0n) is 14.1. The molecule has 25 heavy (non-hydrogen) atoms. The molecule has 0 radical (unpaired) electrons. The summed E-state index contributed by atoms with van der Waals surface area (Å²) in [6.07, 6.45) is 1.87. The van der Waals surface area contributed by atoms with E-state index >= 15 is 0 Å². The van der Waals surface area contributed by atoms with Gasteiger partial charge in [0.1, 0.15) is 12.4 Å². The van der Waals surface area contributed by atoms with Gasteiger partial charge in [-0.2, -0.15) is 0 Å². The van der Waals surface area contributed by atoms with E-state index in [2.05, 4.69) is 17.1 Å². The Labute approximate surface area is 153 Å². The second-order valence-corrected chi connectivity index (χ2v) is 6.23. The molecule has 1 unspecified atom stereocenters. The van der Waals surface area contributed by atoms with E-state index in [9.17, 15) is 0 Å². The number of benzene rings is 3. The molecule has 2 nitrogen and oxygen atoms in total. The second-order valence-electron chi connectivity index (χ2n) is 5.82. The molecule has 0 saturated heterocycles. The largest absolute Gasteiger partial charge is 0.489 e. The van der Waals surface area contributed by atoms with Gasteiger partial charge >= 0.3 is 0 Å². The van der Waals surface area contributed by atoms with Gasteiger partial charge in [0, 0.05) is 11.2 Å². The standard InChI is InChI=1S/C22H20ClNO/c1-17(21-9-5-6-10-22(21)23)24-15-18-11-13-20(14-12-18)25-16-19-7-3-2-4-8-19/h2-15,17H,16H2,1H3. The van der Waals surface area contributed by atoms with Crippen molar-refractivity contribution < 1.29 is 4.74 Å². The van der Waals surface area contributed by atoms with Gasteiger partial charge in [-0.05, 0) is 53.9 Å². The lowest BCUT2D eigenvalue weighted by atomic mass is 10.1. The maximum absolute atomic E-state index is 6.22. The highest BCUT2D eigenvalue weighted by Crippen LogP contribution is 2.25. The summed E-state index contributed by atoms with van der Waals surface area (Å²) in [7, 11) is 0. The lowest BCUT2D eigenvalue weighted by molar-refractivity contribution is 0.306. The Hall–Kier alpha value is -2.58. The summed E-state index contributed by atoms with van der Waals surface area (Å²) in [5, 5.41) is 0.747. The van der Waals surface area contributed by atoms with Gasteiger partial charge in [0.15, 0.2) is 0 Å². The summed E-state index contributed by atoms with van der Waals surface area (Å²) in [5.41, 5.74) is 3.22. The van der Waals surface area contributed by atoms with Crippen molar-refractivity contribution in [3.05, 3.63) is 101 Å². The van der Waals surface area contributed by atoms with E-state index in [-0.39, 0.29) is 6.04 Å². The van der Waals surface area contributed by atoms with Gasteiger partial charge in [-0.3, -0.25) is 4.99 Å². The number of hydrogen-bond donors (Lipinski definition) is 0. The van der Waals surface area contributed by atoms with Crippen LogP contribution in [0.15, 0.2) is 83.9 Å². The molecule has 0 N–H and O–H groups in total. The molecule has 0 aliphatic rings. The van der Waals surface area contributed by atoms with Crippen LogP contribution in [-0.4, -0.2) is 6.21 Å². The van der Waals surface area contributed by atoms with Crippen molar-refractivity contribution >= 4 is 17.8 Å². The van der Waals surface area contributed by atoms with Crippen molar-refractivity contribution in [1.82, 2.24) is 0 Å². The molecule has 0 bridgehead atoms. The van der Waals surface area contributed by atoms with Gasteiger partial charge in [-0.25, -0.2) is 0 Å². The Morgan fingerprint density at radius 2 is 1.60 bits per heavy atom. The first-order chi connectivity index (χ1) is 12.2. The number of halogens is 1. The Bertz CT molecular complexity index is 828. The monoisotopic (exact) mass is 349 g/mol. The van der Waals surface area contributed by atoms with Gasteiger partial charge in [0.05, 0.1) is 6.04 Å². The smallest absolute Gasteiger partial charge is 0.119 e. The Morgan fingerprint density at radius 1 is 0.920 bits per heavy atom. The van der Waals surface area contributed by atoms with Gasteiger partial charge in [0.25, 0.3) is 0 Å². The Morgan fingerprint density at radius 3 is 2.32 bits per heavy atom. The molecule has 1 atom stereocenters. The number of hydrogen-bond acceptors (Lipinski definition) is 2. The molecule has 0 aliphatic heterocycles. The zero-order valence-corrected chi connectivity index (χ0v) is 14.9. The first-order valence-corrected chi connectivity index (χ1v) is 8.64. The highest BCUT2D eigenvalue weighted by molar-refractivity contribution is 6.31. The summed E-state index contributed by atoms with van der Waals surface area (Å²) in [4.78, 5) is 4.60. The molecule has 0 aliphatic carbocycles. The molecular weight excluding hydrogens is 330 g/mol. The highest BCUT2D eigenvalue weighted by Gasteiger charge is 2.06. The molecule has 0 heterocycles. The van der Waals surface area contributed by atoms with Crippen LogP contribution in [0.1, 0.15) is 29.7 Å². The maximum Gasteiger partial charge on any atom is 0.119 e. The zero-order chi connectivity index (χ0) is 17.5. The molecule has 0 amide bonds. The third-order valence-electron chi connectivity index (χ3n) is 3.93. The van der Waals surface area contributed by atoms with Gasteiger partial charge in [-0.15, -0.1) is 0 Å². The van der Waals surface area contributed by atoms with Crippen molar-refractivity contribution in [2.75, 3.05) is 0 Å². The van der Waals surface area contributed by atoms with Gasteiger partial charge in [-0.1, -0.05) is 60.1 Å². The van der Waals surface area contributed by atoms with Crippen LogP contribution >= 0.6 is 11.6 Å². The molecule has 3 aromatic carbocycles. The molecule has 126 valence electrons. The van der Waals surface area contributed by atoms with Crippen LogP contribution in [0, 0.1) is 0 Å². The average Bonchev–Trinajstić information content (AvgIpc) is 2.66. The molecule has 0 spiro atoms. The van der Waals surface area contributed by atoms with Crippen LogP contribution in [0.3, 0.4) is 0 Å². The molecule has 3 aromatic rings. The fourth-order valence-electron chi connectivity index (χ4n) is 2.48. The lowest BCUT2D eigenvalue weighted by Gasteiger charge is -2.09. The molecule has 0 saturated carbocycles. The minimum atomic E-state index is 0.0164. The van der Waals surface area contributed by atoms with Crippen LogP contribution in [0.4, 0.5) is 0 Å². The van der Waals surface area contributed by atoms with E-state index in [1.165, 1.54) is 0 Å². The number of rotatable bonds is 6. The fraction of sp³-hybridized carbons (Fsp3) is 0.136. The van der Waals surface area contributed by atoms with E-state index in [0.29, 0.717) is 6.61 Å². The van der Waals surface area contributed by atoms with Crippen molar-refractivity contribution in [1.29, 1.82) is 0 Å². The third-order valence-corrected chi connectivity index (χ3v) is 4.28. The predicted octanol–water partition coefficient (Wildman–Crippen LogP) is 6.10. The molecule has 0 aromatic heterocycles. The first kappa shape index (κ1) is 17.2. The van der Waals surface area contributed by atoms with Crippen LogP contribution in [-0.2, 0) is 6.61 Å². The first-order valence-electron chi connectivity index (χ1n) is 8.27. The van der Waals surface area contributed by atoms with E-state index in [1.807, 2.05) is 79.9 Å². The normalized spacial score (nSPS) is 12.2.